The monoisotopic (exact) mass is 357 g/mol. The van der Waals surface area contributed by atoms with Crippen LogP contribution in [0.15, 0.2) is 41.6 Å². The first-order chi connectivity index (χ1) is 12.0. The van der Waals surface area contributed by atoms with Gasteiger partial charge in [-0.3, -0.25) is 4.79 Å². The molecule has 7 heteroatoms. The minimum absolute atomic E-state index is 0.273. The van der Waals surface area contributed by atoms with Gasteiger partial charge in [0, 0.05) is 17.2 Å². The number of nitrogen functional groups attached to an aromatic ring is 1. The van der Waals surface area contributed by atoms with Gasteiger partial charge in [-0.1, -0.05) is 30.3 Å². The highest BCUT2D eigenvalue weighted by Gasteiger charge is 2.37. The number of allylic oxidation sites excluding steroid dienone is 1. The highest BCUT2D eigenvalue weighted by Crippen LogP contribution is 2.49. The van der Waals surface area contributed by atoms with Crippen LogP contribution >= 0.6 is 11.3 Å². The number of anilines is 2. The van der Waals surface area contributed by atoms with Crippen LogP contribution in [-0.4, -0.2) is 18.5 Å². The van der Waals surface area contributed by atoms with Crippen molar-refractivity contribution in [3.8, 4) is 0 Å². The van der Waals surface area contributed by atoms with Gasteiger partial charge in [0.05, 0.1) is 22.9 Å². The van der Waals surface area contributed by atoms with E-state index in [1.165, 1.54) is 11.3 Å². The Bertz CT molecular complexity index is 871. The number of nitrogens with one attached hydrogen (secondary N) is 1. The van der Waals surface area contributed by atoms with Gasteiger partial charge >= 0.3 is 5.97 Å². The van der Waals surface area contributed by atoms with Crippen molar-refractivity contribution in [1.29, 1.82) is 0 Å². The molecule has 1 amide bonds. The van der Waals surface area contributed by atoms with Gasteiger partial charge in [0.15, 0.2) is 0 Å². The molecule has 1 unspecified atom stereocenters. The van der Waals surface area contributed by atoms with E-state index in [0.29, 0.717) is 22.5 Å². The second kappa shape index (κ2) is 6.60. The first kappa shape index (κ1) is 17.0. The van der Waals surface area contributed by atoms with Gasteiger partial charge in [-0.05, 0) is 19.4 Å². The van der Waals surface area contributed by atoms with Gasteiger partial charge in [-0.2, -0.15) is 0 Å². The Kier molecular flexibility index (Phi) is 4.50. The number of hydrogen-bond acceptors (Lipinski definition) is 6. The number of fused-ring (bicyclic) bond motifs is 1. The van der Waals surface area contributed by atoms with Crippen LogP contribution in [0.2, 0.25) is 0 Å². The lowest BCUT2D eigenvalue weighted by Crippen LogP contribution is -2.24. The van der Waals surface area contributed by atoms with Crippen LogP contribution in [0.3, 0.4) is 0 Å². The van der Waals surface area contributed by atoms with Crippen molar-refractivity contribution < 1.29 is 14.3 Å². The third-order valence-electron chi connectivity index (χ3n) is 4.12. The molecule has 0 radical (unpaired) electrons. The molecule has 3 rings (SSSR count). The molecule has 1 aliphatic rings. The van der Waals surface area contributed by atoms with E-state index in [1.807, 2.05) is 37.3 Å². The van der Waals surface area contributed by atoms with Gasteiger partial charge in [0.25, 0.3) is 5.91 Å². The largest absolute Gasteiger partial charge is 0.463 e. The first-order valence-corrected chi connectivity index (χ1v) is 8.69. The summed E-state index contributed by atoms with van der Waals surface area (Å²) < 4.78 is 5.25. The van der Waals surface area contributed by atoms with Crippen molar-refractivity contribution >= 4 is 33.9 Å². The van der Waals surface area contributed by atoms with E-state index in [4.69, 9.17) is 16.2 Å². The number of thiophene rings is 1. The summed E-state index contributed by atoms with van der Waals surface area (Å²) in [5, 5.41) is 3.90. The molecule has 25 heavy (non-hydrogen) atoms. The van der Waals surface area contributed by atoms with Crippen molar-refractivity contribution in [2.45, 2.75) is 19.8 Å². The van der Waals surface area contributed by atoms with Gasteiger partial charge in [0.1, 0.15) is 4.88 Å². The van der Waals surface area contributed by atoms with Gasteiger partial charge in [-0.15, -0.1) is 11.3 Å². The lowest BCUT2D eigenvalue weighted by atomic mass is 9.82. The summed E-state index contributed by atoms with van der Waals surface area (Å²) in [7, 11) is 0. The van der Waals surface area contributed by atoms with E-state index in [9.17, 15) is 9.59 Å². The van der Waals surface area contributed by atoms with Gasteiger partial charge in [0.2, 0.25) is 0 Å². The van der Waals surface area contributed by atoms with E-state index in [1.54, 1.807) is 6.92 Å². The molecule has 2 heterocycles. The zero-order chi connectivity index (χ0) is 18.1. The number of rotatable bonds is 4. The minimum atomic E-state index is -0.583. The Morgan fingerprint density at radius 1 is 1.28 bits per heavy atom. The predicted octanol–water partition coefficient (Wildman–Crippen LogP) is 2.82. The van der Waals surface area contributed by atoms with E-state index in [2.05, 4.69) is 5.32 Å². The van der Waals surface area contributed by atoms with Crippen molar-refractivity contribution in [1.82, 2.24) is 0 Å². The molecule has 1 aliphatic heterocycles. The standard InChI is InChI=1S/C18H19N3O3S/c1-3-24-18(23)11-9(2)21-17-13(14(19)15(25-17)16(20)22)12(11)10-7-5-4-6-8-10/h4-8,12,21H,3,19H2,1-2H3,(H2,20,22). The molecule has 1 aromatic heterocycles. The second-order valence-corrected chi connectivity index (χ2v) is 6.70. The summed E-state index contributed by atoms with van der Waals surface area (Å²) in [6.07, 6.45) is 0. The van der Waals surface area contributed by atoms with Crippen molar-refractivity contribution in [2.24, 2.45) is 5.73 Å². The summed E-state index contributed by atoms with van der Waals surface area (Å²) in [6, 6.07) is 9.54. The zero-order valence-corrected chi connectivity index (χ0v) is 14.8. The molecule has 1 aromatic carbocycles. The number of ether oxygens (including phenoxy) is 1. The quantitative estimate of drug-likeness (QED) is 0.729. The number of amides is 1. The summed E-state index contributed by atoms with van der Waals surface area (Å²) >= 11 is 1.20. The molecule has 0 saturated carbocycles. The fraction of sp³-hybridized carbons (Fsp3) is 0.222. The molecule has 2 aromatic rings. The first-order valence-electron chi connectivity index (χ1n) is 7.87. The fourth-order valence-corrected chi connectivity index (χ4v) is 4.14. The fourth-order valence-electron chi connectivity index (χ4n) is 3.08. The topological polar surface area (TPSA) is 107 Å². The Morgan fingerprint density at radius 3 is 2.56 bits per heavy atom. The molecule has 1 atom stereocenters. The second-order valence-electron chi connectivity index (χ2n) is 5.68. The normalized spacial score (nSPS) is 16.2. The number of carbonyl (C=O) groups is 2. The van der Waals surface area contributed by atoms with Crippen molar-refractivity contribution in [2.75, 3.05) is 17.7 Å². The molecular formula is C18H19N3O3S. The molecule has 0 fully saturated rings. The molecule has 130 valence electrons. The van der Waals surface area contributed by atoms with E-state index in [0.717, 1.165) is 10.6 Å². The summed E-state index contributed by atoms with van der Waals surface area (Å²) in [6.45, 7) is 3.85. The SMILES string of the molecule is CCOC(=O)C1=C(C)Nc2sc(C(N)=O)c(N)c2C1c1ccccc1. The highest BCUT2D eigenvalue weighted by molar-refractivity contribution is 7.18. The van der Waals surface area contributed by atoms with Crippen LogP contribution < -0.4 is 16.8 Å². The van der Waals surface area contributed by atoms with Gasteiger partial charge in [-0.25, -0.2) is 4.79 Å². The Balaban J connectivity index is 2.24. The van der Waals surface area contributed by atoms with Crippen LogP contribution in [0.5, 0.6) is 0 Å². The summed E-state index contributed by atoms with van der Waals surface area (Å²) in [4.78, 5) is 24.6. The van der Waals surface area contributed by atoms with Crippen molar-refractivity contribution in [3.63, 3.8) is 0 Å². The average molecular weight is 357 g/mol. The molecular weight excluding hydrogens is 338 g/mol. The van der Waals surface area contributed by atoms with Crippen LogP contribution in [0, 0.1) is 0 Å². The minimum Gasteiger partial charge on any atom is -0.463 e. The Hall–Kier alpha value is -2.80. The maximum atomic E-state index is 12.6. The molecule has 0 bridgehead atoms. The van der Waals surface area contributed by atoms with Crippen LogP contribution in [0.4, 0.5) is 10.7 Å². The molecule has 6 nitrogen and oxygen atoms in total. The maximum Gasteiger partial charge on any atom is 0.336 e. The Morgan fingerprint density at radius 2 is 1.96 bits per heavy atom. The number of primary amides is 1. The number of hydrogen-bond donors (Lipinski definition) is 3. The van der Waals surface area contributed by atoms with E-state index in [-0.39, 0.29) is 11.5 Å². The van der Waals surface area contributed by atoms with Crippen LogP contribution in [-0.2, 0) is 9.53 Å². The van der Waals surface area contributed by atoms with Crippen LogP contribution in [0.25, 0.3) is 0 Å². The summed E-state index contributed by atoms with van der Waals surface area (Å²) in [5.41, 5.74) is 14.7. The number of esters is 1. The average Bonchev–Trinajstić information content (AvgIpc) is 2.91. The highest BCUT2D eigenvalue weighted by atomic mass is 32.1. The summed E-state index contributed by atoms with van der Waals surface area (Å²) in [5.74, 6) is -1.40. The molecule has 0 spiro atoms. The third-order valence-corrected chi connectivity index (χ3v) is 5.27. The van der Waals surface area contributed by atoms with E-state index < -0.39 is 17.8 Å². The molecule has 0 aliphatic carbocycles. The smallest absolute Gasteiger partial charge is 0.336 e. The van der Waals surface area contributed by atoms with Crippen molar-refractivity contribution in [3.05, 3.63) is 57.6 Å². The molecule has 5 N–H and O–H groups in total. The third kappa shape index (κ3) is 2.87. The van der Waals surface area contributed by atoms with Crippen LogP contribution in [0.1, 0.15) is 40.6 Å². The zero-order valence-electron chi connectivity index (χ0n) is 14.0. The number of carbonyl (C=O) groups excluding carboxylic acids is 2. The predicted molar refractivity (Wildman–Crippen MR) is 98.5 cm³/mol. The van der Waals surface area contributed by atoms with Gasteiger partial charge < -0.3 is 21.5 Å². The maximum absolute atomic E-state index is 12.6. The lowest BCUT2D eigenvalue weighted by Gasteiger charge is -2.28. The van der Waals surface area contributed by atoms with E-state index >= 15 is 0 Å². The molecule has 0 saturated heterocycles. The Labute approximate surface area is 149 Å². The number of benzene rings is 1. The number of nitrogens with two attached hydrogens (primary N) is 2. The lowest BCUT2D eigenvalue weighted by molar-refractivity contribution is -0.138.